The Morgan fingerprint density at radius 2 is 1.95 bits per heavy atom. The molecule has 2 aliphatic heterocycles. The monoisotopic (exact) mass is 536 g/mol. The summed E-state index contributed by atoms with van der Waals surface area (Å²) in [6, 6.07) is 7.19. The Morgan fingerprint density at radius 3 is 2.66 bits per heavy atom. The van der Waals surface area contributed by atoms with E-state index in [1.807, 2.05) is 24.3 Å². The molecule has 2 aliphatic rings. The SMILES string of the molecule is COc1cccc(CN[C@@H]2CCO[C@]23O[C@H](CO)[C@H](O)[C@H](n2cc(-c4cc(F)c(F)c(F)c4)nn2)[C@H]3O)c1. The predicted octanol–water partition coefficient (Wildman–Crippen LogP) is 1.30. The molecule has 10 nitrogen and oxygen atoms in total. The van der Waals surface area contributed by atoms with Gasteiger partial charge in [0.15, 0.2) is 17.5 Å². The number of rotatable bonds is 7. The molecular weight excluding hydrogens is 509 g/mol. The Hall–Kier alpha value is -3.07. The van der Waals surface area contributed by atoms with Crippen LogP contribution in [0.15, 0.2) is 42.6 Å². The molecule has 0 bridgehead atoms. The molecule has 5 rings (SSSR count). The van der Waals surface area contributed by atoms with Gasteiger partial charge in [-0.05, 0) is 36.2 Å². The number of nitrogens with one attached hydrogen (secondary N) is 1. The van der Waals surface area contributed by atoms with E-state index in [-0.39, 0.29) is 17.9 Å². The maximum Gasteiger partial charge on any atom is 0.213 e. The summed E-state index contributed by atoms with van der Waals surface area (Å²) in [5.74, 6) is -5.39. The Balaban J connectivity index is 1.43. The molecule has 3 heterocycles. The van der Waals surface area contributed by atoms with Gasteiger partial charge in [-0.2, -0.15) is 0 Å². The lowest BCUT2D eigenvalue weighted by Crippen LogP contribution is -2.68. The molecule has 2 aromatic carbocycles. The molecule has 2 saturated heterocycles. The van der Waals surface area contributed by atoms with Gasteiger partial charge in [-0.3, -0.25) is 0 Å². The van der Waals surface area contributed by atoms with Crippen LogP contribution in [0, 0.1) is 17.5 Å². The zero-order valence-electron chi connectivity index (χ0n) is 20.3. The van der Waals surface area contributed by atoms with Crippen molar-refractivity contribution in [3.63, 3.8) is 0 Å². The normalized spacial score (nSPS) is 29.2. The number of methoxy groups -OCH3 is 1. The Morgan fingerprint density at radius 1 is 1.18 bits per heavy atom. The highest BCUT2D eigenvalue weighted by Gasteiger charge is 2.61. The lowest BCUT2D eigenvalue weighted by Gasteiger charge is -2.49. The van der Waals surface area contributed by atoms with E-state index in [0.717, 1.165) is 22.4 Å². The standard InChI is InChI=1S/C25H27F3N4O6/c1-36-15-4-2-3-13(7-15)10-29-20-5-6-37-25(20)24(35)22(23(34)19(12-33)38-25)32-11-18(30-31-32)14-8-16(26)21(28)17(27)9-14/h2-4,7-9,11,19-20,22-24,29,33-35H,5-6,10,12H2,1H3/t19-,20-,22+,23+,24-,25+/m1/s1. The highest BCUT2D eigenvalue weighted by Crippen LogP contribution is 2.43. The van der Waals surface area contributed by atoms with Gasteiger partial charge >= 0.3 is 0 Å². The number of aromatic nitrogens is 3. The maximum absolute atomic E-state index is 13.8. The molecule has 2 fully saturated rings. The van der Waals surface area contributed by atoms with E-state index < -0.39 is 60.2 Å². The van der Waals surface area contributed by atoms with Crippen LogP contribution in [0.3, 0.4) is 0 Å². The van der Waals surface area contributed by atoms with Gasteiger partial charge in [0.2, 0.25) is 5.79 Å². The first kappa shape index (κ1) is 26.5. The summed E-state index contributed by atoms with van der Waals surface area (Å²) in [5, 5.41) is 43.6. The molecule has 4 N–H and O–H groups in total. The number of halogens is 3. The molecule has 0 unspecified atom stereocenters. The van der Waals surface area contributed by atoms with Crippen LogP contribution < -0.4 is 10.1 Å². The van der Waals surface area contributed by atoms with Crippen molar-refractivity contribution in [2.75, 3.05) is 20.3 Å². The van der Waals surface area contributed by atoms with Crippen molar-refractivity contribution in [1.82, 2.24) is 20.3 Å². The van der Waals surface area contributed by atoms with Crippen molar-refractivity contribution >= 4 is 0 Å². The van der Waals surface area contributed by atoms with E-state index in [4.69, 9.17) is 14.2 Å². The van der Waals surface area contributed by atoms with Gasteiger partial charge in [0, 0.05) is 12.1 Å². The third kappa shape index (κ3) is 4.65. The molecule has 38 heavy (non-hydrogen) atoms. The van der Waals surface area contributed by atoms with Crippen molar-refractivity contribution < 1.29 is 42.7 Å². The summed E-state index contributed by atoms with van der Waals surface area (Å²) in [5.41, 5.74) is 0.794. The van der Waals surface area contributed by atoms with E-state index in [1.165, 1.54) is 6.20 Å². The van der Waals surface area contributed by atoms with Crippen LogP contribution in [-0.2, 0) is 16.0 Å². The summed E-state index contributed by atoms with van der Waals surface area (Å²) < 4.78 is 59.2. The number of ether oxygens (including phenoxy) is 3. The van der Waals surface area contributed by atoms with Gasteiger partial charge in [0.1, 0.15) is 35.8 Å². The zero-order valence-corrected chi connectivity index (χ0v) is 20.3. The van der Waals surface area contributed by atoms with E-state index in [9.17, 15) is 28.5 Å². The summed E-state index contributed by atoms with van der Waals surface area (Å²) in [6.07, 6.45) is -2.39. The largest absolute Gasteiger partial charge is 0.497 e. The van der Waals surface area contributed by atoms with Gasteiger partial charge in [-0.15, -0.1) is 5.10 Å². The second-order valence-corrected chi connectivity index (χ2v) is 9.25. The van der Waals surface area contributed by atoms with E-state index in [1.54, 1.807) is 7.11 Å². The molecule has 1 aromatic heterocycles. The van der Waals surface area contributed by atoms with Gasteiger partial charge < -0.3 is 34.8 Å². The van der Waals surface area contributed by atoms with Crippen molar-refractivity contribution in [3.8, 4) is 17.0 Å². The van der Waals surface area contributed by atoms with Gasteiger partial charge in [-0.1, -0.05) is 17.3 Å². The summed E-state index contributed by atoms with van der Waals surface area (Å²) in [4.78, 5) is 0. The molecular formula is C25H27F3N4O6. The smallest absolute Gasteiger partial charge is 0.213 e. The topological polar surface area (TPSA) is 131 Å². The number of nitrogens with zero attached hydrogens (tertiary/aromatic N) is 3. The van der Waals surface area contributed by atoms with Crippen molar-refractivity contribution in [2.24, 2.45) is 0 Å². The third-order valence-electron chi connectivity index (χ3n) is 6.98. The van der Waals surface area contributed by atoms with Crippen LogP contribution in [-0.4, -0.2) is 80.8 Å². The second-order valence-electron chi connectivity index (χ2n) is 9.25. The average molecular weight is 537 g/mol. The molecule has 6 atom stereocenters. The second kappa shape index (κ2) is 10.6. The van der Waals surface area contributed by atoms with E-state index >= 15 is 0 Å². The van der Waals surface area contributed by atoms with Gasteiger partial charge in [0.05, 0.1) is 32.6 Å². The molecule has 3 aromatic rings. The van der Waals surface area contributed by atoms with Crippen molar-refractivity contribution in [2.45, 2.75) is 49.1 Å². The molecule has 0 radical (unpaired) electrons. The fourth-order valence-electron chi connectivity index (χ4n) is 5.04. The minimum atomic E-state index is -1.66. The van der Waals surface area contributed by atoms with Crippen LogP contribution in [0.5, 0.6) is 5.75 Å². The van der Waals surface area contributed by atoms with E-state index in [0.29, 0.717) is 18.7 Å². The van der Waals surface area contributed by atoms with Crippen molar-refractivity contribution in [3.05, 3.63) is 65.6 Å². The molecule has 13 heteroatoms. The first-order valence-corrected chi connectivity index (χ1v) is 12.0. The van der Waals surface area contributed by atoms with Crippen LogP contribution in [0.4, 0.5) is 13.2 Å². The molecule has 204 valence electrons. The maximum atomic E-state index is 13.8. The summed E-state index contributed by atoms with van der Waals surface area (Å²) in [6.45, 7) is 0.0216. The lowest BCUT2D eigenvalue weighted by atomic mass is 9.86. The van der Waals surface area contributed by atoms with Crippen LogP contribution in [0.1, 0.15) is 18.0 Å². The number of hydrogen-bond donors (Lipinski definition) is 4. The number of benzene rings is 2. The lowest BCUT2D eigenvalue weighted by molar-refractivity contribution is -0.345. The summed E-state index contributed by atoms with van der Waals surface area (Å²) >= 11 is 0. The van der Waals surface area contributed by atoms with Gasteiger partial charge in [0.25, 0.3) is 0 Å². The third-order valence-corrected chi connectivity index (χ3v) is 6.98. The van der Waals surface area contributed by atoms with Gasteiger partial charge in [-0.25, -0.2) is 17.9 Å². The molecule has 0 saturated carbocycles. The number of hydrogen-bond acceptors (Lipinski definition) is 9. The highest BCUT2D eigenvalue weighted by molar-refractivity contribution is 5.58. The summed E-state index contributed by atoms with van der Waals surface area (Å²) in [7, 11) is 1.57. The van der Waals surface area contributed by atoms with E-state index in [2.05, 4.69) is 15.6 Å². The Kier molecular flexibility index (Phi) is 7.40. The Labute approximate surface area is 215 Å². The molecule has 0 amide bonds. The quantitative estimate of drug-likeness (QED) is 0.330. The van der Waals surface area contributed by atoms with Crippen LogP contribution >= 0.6 is 0 Å². The minimum Gasteiger partial charge on any atom is -0.497 e. The number of aliphatic hydroxyl groups is 3. The average Bonchev–Trinajstić information content (AvgIpc) is 3.56. The number of aliphatic hydroxyl groups excluding tert-OH is 3. The first-order chi connectivity index (χ1) is 18.3. The Bertz CT molecular complexity index is 1270. The zero-order chi connectivity index (χ0) is 27.0. The van der Waals surface area contributed by atoms with Crippen LogP contribution in [0.2, 0.25) is 0 Å². The highest BCUT2D eigenvalue weighted by atomic mass is 19.2. The minimum absolute atomic E-state index is 0.0247. The first-order valence-electron chi connectivity index (χ1n) is 12.0. The van der Waals surface area contributed by atoms with Crippen LogP contribution in [0.25, 0.3) is 11.3 Å². The fourth-order valence-corrected chi connectivity index (χ4v) is 5.04. The molecule has 1 spiro atoms. The van der Waals surface area contributed by atoms with Crippen molar-refractivity contribution in [1.29, 1.82) is 0 Å². The predicted molar refractivity (Wildman–Crippen MR) is 125 cm³/mol. The fraction of sp³-hybridized carbons (Fsp3) is 0.440. The molecule has 0 aliphatic carbocycles.